The average Bonchev–Trinajstić information content (AvgIpc) is 2.55. The number of rotatable bonds is 2. The van der Waals surface area contributed by atoms with Gasteiger partial charge < -0.3 is 11.5 Å². The van der Waals surface area contributed by atoms with Crippen LogP contribution >= 0.6 is 0 Å². The molecule has 5 nitrogen and oxygen atoms in total. The molecule has 0 spiro atoms. The first-order valence-electron chi connectivity index (χ1n) is 5.23. The monoisotopic (exact) mass is 230 g/mol. The third-order valence-corrected chi connectivity index (χ3v) is 2.64. The second-order valence-electron chi connectivity index (χ2n) is 3.90. The minimum absolute atomic E-state index is 0.165. The Bertz CT molecular complexity index is 586. The van der Waals surface area contributed by atoms with Gasteiger partial charge in [0.1, 0.15) is 11.4 Å². The van der Waals surface area contributed by atoms with Crippen molar-refractivity contribution in [2.24, 2.45) is 0 Å². The van der Waals surface area contributed by atoms with Crippen LogP contribution in [0.2, 0.25) is 0 Å². The standard InChI is InChI=1S/C12H14N4O/c1-7-5-3-4-6-9(7)16-12(14)10(8(2)17)11(13)15-16/h3-6H,14H2,1-2H3,(H2,13,15). The van der Waals surface area contributed by atoms with Gasteiger partial charge in [0.25, 0.3) is 0 Å². The van der Waals surface area contributed by atoms with Crippen molar-refractivity contribution in [3.05, 3.63) is 35.4 Å². The highest BCUT2D eigenvalue weighted by Gasteiger charge is 2.18. The number of nitrogens with two attached hydrogens (primary N) is 2. The quantitative estimate of drug-likeness (QED) is 0.766. The van der Waals surface area contributed by atoms with Crippen molar-refractivity contribution in [2.75, 3.05) is 11.5 Å². The Balaban J connectivity index is 2.66. The van der Waals surface area contributed by atoms with Gasteiger partial charge in [-0.25, -0.2) is 4.68 Å². The van der Waals surface area contributed by atoms with Crippen molar-refractivity contribution in [2.45, 2.75) is 13.8 Å². The summed E-state index contributed by atoms with van der Waals surface area (Å²) in [7, 11) is 0. The Labute approximate surface area is 99.0 Å². The van der Waals surface area contributed by atoms with Crippen molar-refractivity contribution in [3.63, 3.8) is 0 Å². The van der Waals surface area contributed by atoms with Crippen molar-refractivity contribution in [1.82, 2.24) is 9.78 Å². The number of carbonyl (C=O) groups excluding carboxylic acids is 1. The summed E-state index contributed by atoms with van der Waals surface area (Å²) >= 11 is 0. The van der Waals surface area contributed by atoms with Gasteiger partial charge in [-0.15, -0.1) is 5.10 Å². The summed E-state index contributed by atoms with van der Waals surface area (Å²) in [6.45, 7) is 3.37. The maximum atomic E-state index is 11.4. The number of benzene rings is 1. The van der Waals surface area contributed by atoms with Gasteiger partial charge in [0, 0.05) is 0 Å². The van der Waals surface area contributed by atoms with E-state index in [9.17, 15) is 4.79 Å². The number of hydrogen-bond donors (Lipinski definition) is 2. The van der Waals surface area contributed by atoms with E-state index >= 15 is 0 Å². The summed E-state index contributed by atoms with van der Waals surface area (Å²) in [5.74, 6) is 0.266. The van der Waals surface area contributed by atoms with E-state index in [2.05, 4.69) is 5.10 Å². The first kappa shape index (κ1) is 11.2. The normalized spacial score (nSPS) is 10.5. The van der Waals surface area contributed by atoms with Gasteiger partial charge in [-0.05, 0) is 25.5 Å². The van der Waals surface area contributed by atoms with Gasteiger partial charge >= 0.3 is 0 Å². The molecule has 0 amide bonds. The summed E-state index contributed by atoms with van der Waals surface area (Å²) in [5, 5.41) is 4.11. The van der Waals surface area contributed by atoms with Gasteiger partial charge in [0.05, 0.1) is 5.69 Å². The maximum absolute atomic E-state index is 11.4. The number of ketones is 1. The molecule has 1 aromatic heterocycles. The fraction of sp³-hybridized carbons (Fsp3) is 0.167. The Kier molecular flexibility index (Phi) is 2.59. The number of Topliss-reactive ketones (excluding diaryl/α,β-unsaturated/α-hetero) is 1. The van der Waals surface area contributed by atoms with Crippen molar-refractivity contribution in [3.8, 4) is 5.69 Å². The topological polar surface area (TPSA) is 86.9 Å². The lowest BCUT2D eigenvalue weighted by atomic mass is 10.2. The molecule has 2 rings (SSSR count). The van der Waals surface area contributed by atoms with E-state index in [1.807, 2.05) is 31.2 Å². The van der Waals surface area contributed by atoms with Crippen LogP contribution in [0, 0.1) is 6.92 Å². The highest BCUT2D eigenvalue weighted by atomic mass is 16.1. The van der Waals surface area contributed by atoms with Crippen LogP contribution < -0.4 is 11.5 Å². The SMILES string of the molecule is CC(=O)c1c(N)nn(-c2ccccc2C)c1N. The number of carbonyl (C=O) groups is 1. The fourth-order valence-corrected chi connectivity index (χ4v) is 1.79. The number of nitrogen functional groups attached to an aromatic ring is 2. The number of para-hydroxylation sites is 1. The molecule has 0 atom stereocenters. The lowest BCUT2D eigenvalue weighted by Crippen LogP contribution is -2.05. The fourth-order valence-electron chi connectivity index (χ4n) is 1.79. The van der Waals surface area contributed by atoms with Gasteiger partial charge in [-0.2, -0.15) is 0 Å². The van der Waals surface area contributed by atoms with Crippen LogP contribution in [0.15, 0.2) is 24.3 Å². The molecule has 88 valence electrons. The Hall–Kier alpha value is -2.30. The number of hydrogen-bond acceptors (Lipinski definition) is 4. The highest BCUT2D eigenvalue weighted by Crippen LogP contribution is 2.24. The van der Waals surface area contributed by atoms with E-state index in [4.69, 9.17) is 11.5 Å². The first-order chi connectivity index (χ1) is 8.02. The van der Waals surface area contributed by atoms with Crippen LogP contribution in [0.1, 0.15) is 22.8 Å². The molecule has 0 fully saturated rings. The molecule has 2 aromatic rings. The number of anilines is 2. The van der Waals surface area contributed by atoms with Crippen LogP contribution in [0.4, 0.5) is 11.6 Å². The minimum Gasteiger partial charge on any atom is -0.383 e. The molecule has 0 bridgehead atoms. The number of aromatic nitrogens is 2. The van der Waals surface area contributed by atoms with Gasteiger partial charge in [-0.3, -0.25) is 4.79 Å². The molecule has 0 aliphatic rings. The summed E-state index contributed by atoms with van der Waals surface area (Å²) in [6.07, 6.45) is 0. The van der Waals surface area contributed by atoms with Crippen molar-refractivity contribution >= 4 is 17.4 Å². The lowest BCUT2D eigenvalue weighted by molar-refractivity contribution is 0.101. The largest absolute Gasteiger partial charge is 0.383 e. The summed E-state index contributed by atoms with van der Waals surface area (Å²) in [5.41, 5.74) is 13.7. The highest BCUT2D eigenvalue weighted by molar-refractivity contribution is 6.03. The van der Waals surface area contributed by atoms with E-state index in [1.165, 1.54) is 11.6 Å². The van der Waals surface area contributed by atoms with Crippen LogP contribution in [-0.2, 0) is 0 Å². The molecular formula is C12H14N4O. The van der Waals surface area contributed by atoms with Crippen LogP contribution in [0.25, 0.3) is 5.69 Å². The van der Waals surface area contributed by atoms with Gasteiger partial charge in [0.2, 0.25) is 0 Å². The van der Waals surface area contributed by atoms with E-state index in [1.54, 1.807) is 0 Å². The number of aryl methyl sites for hydroxylation is 1. The van der Waals surface area contributed by atoms with E-state index in [0.717, 1.165) is 11.3 Å². The molecule has 4 N–H and O–H groups in total. The maximum Gasteiger partial charge on any atom is 0.167 e. The molecule has 0 aliphatic heterocycles. The Morgan fingerprint density at radius 2 is 1.94 bits per heavy atom. The van der Waals surface area contributed by atoms with Crippen LogP contribution in [-0.4, -0.2) is 15.6 Å². The third kappa shape index (κ3) is 1.75. The molecule has 1 aromatic carbocycles. The molecule has 0 radical (unpaired) electrons. The molecule has 1 heterocycles. The van der Waals surface area contributed by atoms with E-state index in [-0.39, 0.29) is 23.0 Å². The number of nitrogens with zero attached hydrogens (tertiary/aromatic N) is 2. The Morgan fingerprint density at radius 1 is 1.29 bits per heavy atom. The van der Waals surface area contributed by atoms with Crippen LogP contribution in [0.3, 0.4) is 0 Å². The summed E-state index contributed by atoms with van der Waals surface area (Å²) in [6, 6.07) is 7.63. The van der Waals surface area contributed by atoms with E-state index < -0.39 is 0 Å². The molecule has 5 heteroatoms. The van der Waals surface area contributed by atoms with Crippen molar-refractivity contribution < 1.29 is 4.79 Å². The Morgan fingerprint density at radius 3 is 2.47 bits per heavy atom. The molecule has 0 unspecified atom stereocenters. The lowest BCUT2D eigenvalue weighted by Gasteiger charge is -2.07. The zero-order chi connectivity index (χ0) is 12.6. The molecular weight excluding hydrogens is 216 g/mol. The second kappa shape index (κ2) is 3.93. The first-order valence-corrected chi connectivity index (χ1v) is 5.23. The predicted molar refractivity (Wildman–Crippen MR) is 67.1 cm³/mol. The zero-order valence-corrected chi connectivity index (χ0v) is 9.77. The van der Waals surface area contributed by atoms with Crippen molar-refractivity contribution in [1.29, 1.82) is 0 Å². The predicted octanol–water partition coefficient (Wildman–Crippen LogP) is 1.55. The van der Waals surface area contributed by atoms with Gasteiger partial charge in [-0.1, -0.05) is 18.2 Å². The minimum atomic E-state index is -0.181. The smallest absolute Gasteiger partial charge is 0.167 e. The summed E-state index contributed by atoms with van der Waals surface area (Å²) in [4.78, 5) is 11.4. The van der Waals surface area contributed by atoms with Gasteiger partial charge in [0.15, 0.2) is 11.6 Å². The summed E-state index contributed by atoms with van der Waals surface area (Å²) < 4.78 is 1.50. The van der Waals surface area contributed by atoms with E-state index in [0.29, 0.717) is 0 Å². The molecule has 0 saturated heterocycles. The second-order valence-corrected chi connectivity index (χ2v) is 3.90. The zero-order valence-electron chi connectivity index (χ0n) is 9.77. The molecule has 17 heavy (non-hydrogen) atoms. The average molecular weight is 230 g/mol. The van der Waals surface area contributed by atoms with Crippen LogP contribution in [0.5, 0.6) is 0 Å². The third-order valence-electron chi connectivity index (χ3n) is 2.64. The molecule has 0 aliphatic carbocycles. The molecule has 0 saturated carbocycles.